The second-order valence-corrected chi connectivity index (χ2v) is 9.53. The summed E-state index contributed by atoms with van der Waals surface area (Å²) in [5, 5.41) is 3.46. The lowest BCUT2D eigenvalue weighted by Crippen LogP contribution is -2.53. The minimum absolute atomic E-state index is 0.0113. The van der Waals surface area contributed by atoms with Crippen LogP contribution < -0.4 is 10.1 Å². The molecule has 6 heteroatoms. The lowest BCUT2D eigenvalue weighted by Gasteiger charge is -2.35. The zero-order valence-electron chi connectivity index (χ0n) is 18.8. The summed E-state index contributed by atoms with van der Waals surface area (Å²) >= 11 is 0. The predicted octanol–water partition coefficient (Wildman–Crippen LogP) is 4.43. The maximum atomic E-state index is 12.4. The predicted molar refractivity (Wildman–Crippen MR) is 122 cm³/mol. The molecule has 0 amide bonds. The molecule has 0 aliphatic carbocycles. The lowest BCUT2D eigenvalue weighted by molar-refractivity contribution is -0.147. The van der Waals surface area contributed by atoms with Crippen LogP contribution in [0.5, 0.6) is 11.5 Å². The van der Waals surface area contributed by atoms with E-state index in [2.05, 4.69) is 37.9 Å². The van der Waals surface area contributed by atoms with E-state index < -0.39 is 0 Å². The maximum absolute atomic E-state index is 12.4. The molecule has 1 N–H and O–H groups in total. The normalized spacial score (nSPS) is 18.3. The fourth-order valence-corrected chi connectivity index (χ4v) is 3.79. The highest BCUT2D eigenvalue weighted by atomic mass is 16.5. The second-order valence-electron chi connectivity index (χ2n) is 9.53. The summed E-state index contributed by atoms with van der Waals surface area (Å²) in [7, 11) is 0. The Labute approximate surface area is 184 Å². The van der Waals surface area contributed by atoms with Crippen molar-refractivity contribution in [3.8, 4) is 11.5 Å². The number of hydrogen-bond donors (Lipinski definition) is 1. The highest BCUT2D eigenvalue weighted by molar-refractivity contribution is 6.03. The number of nitrogens with one attached hydrogen (secondary N) is 1. The number of fused-ring (bicyclic) bond motifs is 2. The quantitative estimate of drug-likeness (QED) is 0.743. The Morgan fingerprint density at radius 3 is 2.84 bits per heavy atom. The molecule has 6 nitrogen and oxygen atoms in total. The molecule has 0 radical (unpaired) electrons. The number of rotatable bonds is 3. The zero-order chi connectivity index (χ0) is 22.0. The minimum Gasteiger partial charge on any atom is -0.465 e. The van der Waals surface area contributed by atoms with Gasteiger partial charge in [-0.15, -0.1) is 0 Å². The third-order valence-electron chi connectivity index (χ3n) is 5.32. The van der Waals surface area contributed by atoms with Crippen molar-refractivity contribution in [3.05, 3.63) is 53.6 Å². The number of hydrogen-bond acceptors (Lipinski definition) is 6. The van der Waals surface area contributed by atoms with Gasteiger partial charge in [0.1, 0.15) is 17.3 Å². The number of carbonyl (C=O) groups is 1. The molecular weight excluding hydrogens is 390 g/mol. The number of carbonyl (C=O) groups excluding carboxylic acids is 1. The standard InChI is InChI=1S/C25H31N3O3/c1-17-9-10-22-20(13-17)27-24(19-7-5-6-8-21(19)31-22)28-12-11-26-18(15-28)14-23(29)30-16-25(2,3)4/h5-10,13,18,26H,11-12,14-16H2,1-4H3/t18-/m0/s1. The Morgan fingerprint density at radius 1 is 1.23 bits per heavy atom. The van der Waals surface area contributed by atoms with Gasteiger partial charge in [0.25, 0.3) is 0 Å². The lowest BCUT2D eigenvalue weighted by atomic mass is 9.99. The van der Waals surface area contributed by atoms with Crippen molar-refractivity contribution >= 4 is 17.5 Å². The number of piperazine rings is 1. The van der Waals surface area contributed by atoms with E-state index in [1.165, 1.54) is 0 Å². The zero-order valence-corrected chi connectivity index (χ0v) is 18.8. The highest BCUT2D eigenvalue weighted by Gasteiger charge is 2.28. The summed E-state index contributed by atoms with van der Waals surface area (Å²) in [4.78, 5) is 19.6. The van der Waals surface area contributed by atoms with Gasteiger partial charge in [-0.25, -0.2) is 4.99 Å². The Morgan fingerprint density at radius 2 is 2.03 bits per heavy atom. The number of nitrogens with zero attached hydrogens (tertiary/aromatic N) is 2. The van der Waals surface area contributed by atoms with Gasteiger partial charge in [0.15, 0.2) is 5.75 Å². The van der Waals surface area contributed by atoms with Crippen molar-refractivity contribution in [2.45, 2.75) is 40.2 Å². The van der Waals surface area contributed by atoms with Crippen molar-refractivity contribution in [3.63, 3.8) is 0 Å². The van der Waals surface area contributed by atoms with E-state index in [0.29, 0.717) is 19.6 Å². The average molecular weight is 422 g/mol. The first-order valence-electron chi connectivity index (χ1n) is 10.9. The maximum Gasteiger partial charge on any atom is 0.307 e. The third-order valence-corrected chi connectivity index (χ3v) is 5.32. The van der Waals surface area contributed by atoms with Crippen LogP contribution in [0.25, 0.3) is 0 Å². The van der Waals surface area contributed by atoms with Crippen LogP contribution >= 0.6 is 0 Å². The van der Waals surface area contributed by atoms with Gasteiger partial charge in [0.2, 0.25) is 0 Å². The molecule has 2 heterocycles. The van der Waals surface area contributed by atoms with Gasteiger partial charge in [-0.05, 0) is 42.2 Å². The molecule has 164 valence electrons. The van der Waals surface area contributed by atoms with E-state index in [1.807, 2.05) is 42.5 Å². The molecule has 0 bridgehead atoms. The van der Waals surface area contributed by atoms with E-state index in [9.17, 15) is 4.79 Å². The number of para-hydroxylation sites is 1. The summed E-state index contributed by atoms with van der Waals surface area (Å²) in [5.41, 5.74) is 2.89. The third kappa shape index (κ3) is 5.25. The molecule has 0 unspecified atom stereocenters. The molecule has 0 aromatic heterocycles. The molecule has 31 heavy (non-hydrogen) atoms. The smallest absolute Gasteiger partial charge is 0.307 e. The molecule has 2 aliphatic heterocycles. The number of aliphatic imine (C=N–C) groups is 1. The number of ether oxygens (including phenoxy) is 2. The van der Waals surface area contributed by atoms with Crippen LogP contribution in [0.3, 0.4) is 0 Å². The summed E-state index contributed by atoms with van der Waals surface area (Å²) in [6.07, 6.45) is 0.341. The monoisotopic (exact) mass is 421 g/mol. The van der Waals surface area contributed by atoms with Crippen molar-refractivity contribution in [2.24, 2.45) is 10.4 Å². The Kier molecular flexibility index (Phi) is 6.01. The highest BCUT2D eigenvalue weighted by Crippen LogP contribution is 2.38. The Bertz CT molecular complexity index is 994. The molecule has 2 aromatic rings. The molecule has 0 saturated carbocycles. The van der Waals surface area contributed by atoms with Crippen LogP contribution in [0.1, 0.15) is 38.3 Å². The van der Waals surface area contributed by atoms with Crippen LogP contribution in [0.15, 0.2) is 47.5 Å². The molecule has 2 aromatic carbocycles. The summed E-state index contributed by atoms with van der Waals surface area (Å²) < 4.78 is 11.7. The van der Waals surface area contributed by atoms with Crippen LogP contribution in [-0.4, -0.2) is 49.0 Å². The minimum atomic E-state index is -0.165. The van der Waals surface area contributed by atoms with E-state index in [1.54, 1.807) is 0 Å². The Balaban J connectivity index is 1.56. The van der Waals surface area contributed by atoms with Crippen LogP contribution in [0.2, 0.25) is 0 Å². The number of amidine groups is 1. The summed E-state index contributed by atoms with van der Waals surface area (Å²) in [6.45, 7) is 10.9. The fraction of sp³-hybridized carbons (Fsp3) is 0.440. The van der Waals surface area contributed by atoms with Gasteiger partial charge in [-0.3, -0.25) is 4.79 Å². The first-order valence-corrected chi connectivity index (χ1v) is 10.9. The van der Waals surface area contributed by atoms with Crippen LogP contribution in [0.4, 0.5) is 5.69 Å². The van der Waals surface area contributed by atoms with Crippen molar-refractivity contribution in [1.29, 1.82) is 0 Å². The van der Waals surface area contributed by atoms with E-state index >= 15 is 0 Å². The molecule has 1 fully saturated rings. The first kappa shape index (κ1) is 21.4. The number of esters is 1. The Hall–Kier alpha value is -2.86. The average Bonchev–Trinajstić information content (AvgIpc) is 2.88. The molecule has 1 saturated heterocycles. The topological polar surface area (TPSA) is 63.2 Å². The molecule has 1 atom stereocenters. The van der Waals surface area contributed by atoms with Gasteiger partial charge in [-0.2, -0.15) is 0 Å². The first-order chi connectivity index (χ1) is 14.8. The van der Waals surface area contributed by atoms with Crippen molar-refractivity contribution < 1.29 is 14.3 Å². The van der Waals surface area contributed by atoms with E-state index in [0.717, 1.165) is 47.2 Å². The van der Waals surface area contributed by atoms with Gasteiger partial charge in [0, 0.05) is 25.7 Å². The SMILES string of the molecule is Cc1ccc2c(c1)N=C(N1CCN[C@@H](CC(=O)OCC(C)(C)C)C1)c1ccccc1O2. The number of aryl methyl sites for hydroxylation is 1. The van der Waals surface area contributed by atoms with Crippen molar-refractivity contribution in [2.75, 3.05) is 26.2 Å². The van der Waals surface area contributed by atoms with Gasteiger partial charge in [0.05, 0.1) is 18.6 Å². The number of benzene rings is 2. The summed E-state index contributed by atoms with van der Waals surface area (Å²) in [6, 6.07) is 14.1. The van der Waals surface area contributed by atoms with Crippen LogP contribution in [-0.2, 0) is 9.53 Å². The molecular formula is C25H31N3O3. The van der Waals surface area contributed by atoms with E-state index in [-0.39, 0.29) is 17.4 Å². The van der Waals surface area contributed by atoms with Crippen molar-refractivity contribution in [1.82, 2.24) is 10.2 Å². The molecule has 0 spiro atoms. The van der Waals surface area contributed by atoms with Gasteiger partial charge < -0.3 is 19.7 Å². The van der Waals surface area contributed by atoms with Crippen LogP contribution in [0, 0.1) is 12.3 Å². The van der Waals surface area contributed by atoms with Gasteiger partial charge >= 0.3 is 5.97 Å². The molecule has 4 rings (SSSR count). The largest absolute Gasteiger partial charge is 0.465 e. The van der Waals surface area contributed by atoms with E-state index in [4.69, 9.17) is 14.5 Å². The fourth-order valence-electron chi connectivity index (χ4n) is 3.79. The summed E-state index contributed by atoms with van der Waals surface area (Å²) in [5.74, 6) is 2.27. The second kappa shape index (κ2) is 8.71. The molecule has 2 aliphatic rings. The van der Waals surface area contributed by atoms with Gasteiger partial charge in [-0.1, -0.05) is 39.0 Å².